The summed E-state index contributed by atoms with van der Waals surface area (Å²) < 4.78 is 5.28. The molecular weight excluding hydrogens is 262 g/mol. The van der Waals surface area contributed by atoms with Gasteiger partial charge < -0.3 is 9.84 Å². The van der Waals surface area contributed by atoms with Crippen LogP contribution in [0.4, 0.5) is 10.5 Å². The number of benzene rings is 2. The van der Waals surface area contributed by atoms with Gasteiger partial charge in [0, 0.05) is 10.6 Å². The molecule has 0 aliphatic heterocycles. The van der Waals surface area contributed by atoms with E-state index in [1.807, 2.05) is 36.4 Å². The van der Waals surface area contributed by atoms with Crippen LogP contribution >= 0.6 is 11.8 Å². The first-order valence-electron chi connectivity index (χ1n) is 5.60. The first-order chi connectivity index (χ1) is 9.19. The number of methoxy groups -OCH3 is 1. The highest BCUT2D eigenvalue weighted by molar-refractivity contribution is 7.99. The third kappa shape index (κ3) is 3.66. The summed E-state index contributed by atoms with van der Waals surface area (Å²) in [6.45, 7) is 0. The van der Waals surface area contributed by atoms with E-state index in [1.54, 1.807) is 31.0 Å². The number of ether oxygens (including phenoxy) is 1. The first-order valence-corrected chi connectivity index (χ1v) is 6.41. The number of carboxylic acid groups (broad SMARTS) is 1. The Morgan fingerprint density at radius 3 is 2.47 bits per heavy atom. The molecule has 2 rings (SSSR count). The van der Waals surface area contributed by atoms with E-state index >= 15 is 0 Å². The van der Waals surface area contributed by atoms with E-state index in [-0.39, 0.29) is 0 Å². The number of anilines is 1. The Morgan fingerprint density at radius 2 is 1.84 bits per heavy atom. The fraction of sp³-hybridized carbons (Fsp3) is 0.0714. The SMILES string of the molecule is COc1ccccc1Sc1ccc(NC(=O)O)cc1. The number of rotatable bonds is 4. The van der Waals surface area contributed by atoms with Crippen LogP contribution in [0.3, 0.4) is 0 Å². The second-order valence-corrected chi connectivity index (χ2v) is 4.82. The zero-order chi connectivity index (χ0) is 13.7. The van der Waals surface area contributed by atoms with E-state index in [0.717, 1.165) is 15.5 Å². The van der Waals surface area contributed by atoms with Gasteiger partial charge in [0.1, 0.15) is 5.75 Å². The van der Waals surface area contributed by atoms with Gasteiger partial charge in [-0.3, -0.25) is 5.32 Å². The van der Waals surface area contributed by atoms with Crippen molar-refractivity contribution >= 4 is 23.5 Å². The Kier molecular flexibility index (Phi) is 4.30. The minimum absolute atomic E-state index is 0.553. The fourth-order valence-electron chi connectivity index (χ4n) is 1.56. The second-order valence-electron chi connectivity index (χ2n) is 3.71. The Morgan fingerprint density at radius 1 is 1.16 bits per heavy atom. The van der Waals surface area contributed by atoms with Gasteiger partial charge in [-0.2, -0.15) is 0 Å². The molecule has 98 valence electrons. The maximum absolute atomic E-state index is 10.5. The van der Waals surface area contributed by atoms with Gasteiger partial charge in [0.05, 0.1) is 12.0 Å². The molecular formula is C14H13NO3S. The van der Waals surface area contributed by atoms with Crippen molar-refractivity contribution in [2.75, 3.05) is 12.4 Å². The lowest BCUT2D eigenvalue weighted by Crippen LogP contribution is -2.06. The molecule has 0 aliphatic rings. The van der Waals surface area contributed by atoms with Crippen LogP contribution in [-0.4, -0.2) is 18.3 Å². The summed E-state index contributed by atoms with van der Waals surface area (Å²) >= 11 is 1.57. The molecule has 0 saturated heterocycles. The number of para-hydroxylation sites is 1. The highest BCUT2D eigenvalue weighted by atomic mass is 32.2. The van der Waals surface area contributed by atoms with Crippen LogP contribution in [0.2, 0.25) is 0 Å². The predicted octanol–water partition coefficient (Wildman–Crippen LogP) is 3.94. The van der Waals surface area contributed by atoms with Crippen molar-refractivity contribution < 1.29 is 14.6 Å². The van der Waals surface area contributed by atoms with Crippen molar-refractivity contribution in [1.29, 1.82) is 0 Å². The Labute approximate surface area is 115 Å². The first kappa shape index (κ1) is 13.3. The molecule has 19 heavy (non-hydrogen) atoms. The molecule has 0 unspecified atom stereocenters. The molecule has 5 heteroatoms. The van der Waals surface area contributed by atoms with E-state index in [2.05, 4.69) is 5.32 Å². The maximum atomic E-state index is 10.5. The van der Waals surface area contributed by atoms with Gasteiger partial charge >= 0.3 is 6.09 Å². The van der Waals surface area contributed by atoms with Crippen molar-refractivity contribution in [1.82, 2.24) is 0 Å². The monoisotopic (exact) mass is 275 g/mol. The molecule has 0 heterocycles. The smallest absolute Gasteiger partial charge is 0.409 e. The minimum Gasteiger partial charge on any atom is -0.496 e. The van der Waals surface area contributed by atoms with Gasteiger partial charge in [0.15, 0.2) is 0 Å². The van der Waals surface area contributed by atoms with Crippen LogP contribution in [0.25, 0.3) is 0 Å². The summed E-state index contributed by atoms with van der Waals surface area (Å²) in [5, 5.41) is 10.9. The highest BCUT2D eigenvalue weighted by Crippen LogP contribution is 2.34. The van der Waals surface area contributed by atoms with Crippen molar-refractivity contribution in [2.45, 2.75) is 9.79 Å². The molecule has 2 N–H and O–H groups in total. The summed E-state index contributed by atoms with van der Waals surface area (Å²) in [5.41, 5.74) is 0.553. The van der Waals surface area contributed by atoms with Gasteiger partial charge in [-0.25, -0.2) is 4.79 Å². The molecule has 0 bridgehead atoms. The third-order valence-corrected chi connectivity index (χ3v) is 3.47. The third-order valence-electron chi connectivity index (χ3n) is 2.40. The quantitative estimate of drug-likeness (QED) is 0.887. The normalized spacial score (nSPS) is 9.95. The molecule has 0 saturated carbocycles. The van der Waals surface area contributed by atoms with Crippen molar-refractivity contribution in [3.05, 3.63) is 48.5 Å². The number of hydrogen-bond acceptors (Lipinski definition) is 3. The summed E-state index contributed by atoms with van der Waals surface area (Å²) in [6.07, 6.45) is -1.06. The van der Waals surface area contributed by atoms with E-state index in [4.69, 9.17) is 9.84 Å². The van der Waals surface area contributed by atoms with Crippen LogP contribution in [0.15, 0.2) is 58.3 Å². The predicted molar refractivity (Wildman–Crippen MR) is 75.2 cm³/mol. The van der Waals surface area contributed by atoms with Gasteiger partial charge in [0.2, 0.25) is 0 Å². The van der Waals surface area contributed by atoms with Crippen molar-refractivity contribution in [2.24, 2.45) is 0 Å². The minimum atomic E-state index is -1.06. The Bertz CT molecular complexity index is 569. The summed E-state index contributed by atoms with van der Waals surface area (Å²) in [4.78, 5) is 12.5. The van der Waals surface area contributed by atoms with Crippen LogP contribution < -0.4 is 10.1 Å². The standard InChI is InChI=1S/C14H13NO3S/c1-18-12-4-2-3-5-13(12)19-11-8-6-10(7-9-11)15-14(16)17/h2-9,15H,1H3,(H,16,17). The molecule has 2 aromatic rings. The Balaban J connectivity index is 2.13. The highest BCUT2D eigenvalue weighted by Gasteiger charge is 2.04. The lowest BCUT2D eigenvalue weighted by atomic mass is 10.3. The molecule has 0 spiro atoms. The number of hydrogen-bond donors (Lipinski definition) is 2. The van der Waals surface area contributed by atoms with Gasteiger partial charge in [-0.1, -0.05) is 23.9 Å². The lowest BCUT2D eigenvalue weighted by Gasteiger charge is -2.08. The number of nitrogens with one attached hydrogen (secondary N) is 1. The van der Waals surface area contributed by atoms with Crippen LogP contribution in [-0.2, 0) is 0 Å². The topological polar surface area (TPSA) is 58.6 Å². The van der Waals surface area contributed by atoms with E-state index < -0.39 is 6.09 Å². The van der Waals surface area contributed by atoms with Crippen molar-refractivity contribution in [3.8, 4) is 5.75 Å². The molecule has 4 nitrogen and oxygen atoms in total. The summed E-state index contributed by atoms with van der Waals surface area (Å²) in [7, 11) is 1.64. The molecule has 0 fully saturated rings. The largest absolute Gasteiger partial charge is 0.496 e. The zero-order valence-corrected chi connectivity index (χ0v) is 11.1. The fourth-order valence-corrected chi connectivity index (χ4v) is 2.48. The van der Waals surface area contributed by atoms with Crippen LogP contribution in [0, 0.1) is 0 Å². The molecule has 0 aliphatic carbocycles. The molecule has 0 radical (unpaired) electrons. The lowest BCUT2D eigenvalue weighted by molar-refractivity contribution is 0.210. The Hall–Kier alpha value is -2.14. The summed E-state index contributed by atoms with van der Waals surface area (Å²) in [5.74, 6) is 0.820. The number of amides is 1. The van der Waals surface area contributed by atoms with Gasteiger partial charge in [-0.15, -0.1) is 0 Å². The molecule has 2 aromatic carbocycles. The average molecular weight is 275 g/mol. The van der Waals surface area contributed by atoms with Crippen LogP contribution in [0.5, 0.6) is 5.75 Å². The van der Waals surface area contributed by atoms with Crippen LogP contribution in [0.1, 0.15) is 0 Å². The van der Waals surface area contributed by atoms with Crippen molar-refractivity contribution in [3.63, 3.8) is 0 Å². The van der Waals surface area contributed by atoms with E-state index in [0.29, 0.717) is 5.69 Å². The molecule has 1 amide bonds. The molecule has 0 aromatic heterocycles. The maximum Gasteiger partial charge on any atom is 0.409 e. The second kappa shape index (κ2) is 6.15. The average Bonchev–Trinajstić information content (AvgIpc) is 2.41. The van der Waals surface area contributed by atoms with Gasteiger partial charge in [-0.05, 0) is 36.4 Å². The van der Waals surface area contributed by atoms with Gasteiger partial charge in [0.25, 0.3) is 0 Å². The zero-order valence-electron chi connectivity index (χ0n) is 10.3. The van der Waals surface area contributed by atoms with E-state index in [1.165, 1.54) is 0 Å². The molecule has 0 atom stereocenters. The van der Waals surface area contributed by atoms with E-state index in [9.17, 15) is 4.79 Å². The number of carbonyl (C=O) groups is 1. The summed E-state index contributed by atoms with van der Waals surface area (Å²) in [6, 6.07) is 14.9.